The maximum absolute atomic E-state index is 12.6. The molecule has 0 fully saturated rings. The molecule has 1 aliphatic rings. The molecule has 1 N–H and O–H groups in total. The highest BCUT2D eigenvalue weighted by Gasteiger charge is 2.31. The normalized spacial score (nSPS) is 16.6. The Morgan fingerprint density at radius 1 is 1.29 bits per heavy atom. The summed E-state index contributed by atoms with van der Waals surface area (Å²) in [6.45, 7) is 2.00. The number of fused-ring (bicyclic) bond motifs is 1. The molecule has 126 valence electrons. The number of benzene rings is 1. The molecule has 24 heavy (non-hydrogen) atoms. The van der Waals surface area contributed by atoms with Crippen LogP contribution in [-0.4, -0.2) is 27.5 Å². The maximum Gasteiger partial charge on any atom is 0.279 e. The summed E-state index contributed by atoms with van der Waals surface area (Å²) >= 11 is 3.15. The molecule has 0 unspecified atom stereocenters. The van der Waals surface area contributed by atoms with Crippen molar-refractivity contribution < 1.29 is 4.79 Å². The van der Waals surface area contributed by atoms with Gasteiger partial charge in [0.15, 0.2) is 5.16 Å². The van der Waals surface area contributed by atoms with E-state index in [0.29, 0.717) is 16.5 Å². The molecule has 1 atom stereocenters. The van der Waals surface area contributed by atoms with Crippen molar-refractivity contribution in [1.82, 2.24) is 9.55 Å². The topological polar surface area (TPSA) is 64.0 Å². The number of hydrogen-bond acceptors (Lipinski definition) is 5. The summed E-state index contributed by atoms with van der Waals surface area (Å²) in [4.78, 5) is 30.2. The smallest absolute Gasteiger partial charge is 0.279 e. The van der Waals surface area contributed by atoms with Gasteiger partial charge in [-0.1, -0.05) is 30.8 Å². The van der Waals surface area contributed by atoms with E-state index in [1.54, 1.807) is 11.8 Å². The van der Waals surface area contributed by atoms with E-state index in [-0.39, 0.29) is 23.8 Å². The van der Waals surface area contributed by atoms with E-state index in [1.807, 2.05) is 49.1 Å². The van der Waals surface area contributed by atoms with E-state index in [4.69, 9.17) is 0 Å². The Hall–Kier alpha value is -1.73. The van der Waals surface area contributed by atoms with Gasteiger partial charge >= 0.3 is 0 Å². The zero-order valence-electron chi connectivity index (χ0n) is 13.8. The minimum Gasteiger partial charge on any atom is -0.312 e. The van der Waals surface area contributed by atoms with Crippen LogP contribution < -0.4 is 10.9 Å². The first kappa shape index (κ1) is 17.1. The standard InChI is InChI=1S/C17H19N3O2S2/c1-4-24-17-19-16(22)14-12(9-13(21)18-15(14)20(17)2)10-5-7-11(23-3)8-6-10/h5-8,12H,4,9H2,1-3H3,(H,18,21)/t12-/m0/s1. The highest BCUT2D eigenvalue weighted by atomic mass is 32.2. The number of nitrogens with zero attached hydrogens (tertiary/aromatic N) is 2. The average Bonchev–Trinajstić information content (AvgIpc) is 2.59. The summed E-state index contributed by atoms with van der Waals surface area (Å²) in [6, 6.07) is 8.02. The molecule has 0 saturated heterocycles. The van der Waals surface area contributed by atoms with Gasteiger partial charge < -0.3 is 9.88 Å². The average molecular weight is 361 g/mol. The third-order valence-electron chi connectivity index (χ3n) is 4.09. The van der Waals surface area contributed by atoms with Gasteiger partial charge in [-0.3, -0.25) is 9.59 Å². The van der Waals surface area contributed by atoms with Crippen LogP contribution in [0.4, 0.5) is 5.82 Å². The Balaban J connectivity index is 2.13. The number of rotatable bonds is 4. The number of amides is 1. The summed E-state index contributed by atoms with van der Waals surface area (Å²) in [6.07, 6.45) is 2.29. The van der Waals surface area contributed by atoms with Gasteiger partial charge in [0.1, 0.15) is 5.82 Å². The van der Waals surface area contributed by atoms with Crippen LogP contribution in [0.2, 0.25) is 0 Å². The SMILES string of the molecule is CCSc1nc(=O)c2c(n1C)NC(=O)C[C@H]2c1ccc(SC)cc1. The number of aromatic nitrogens is 2. The van der Waals surface area contributed by atoms with Crippen molar-refractivity contribution in [3.63, 3.8) is 0 Å². The summed E-state index contributed by atoms with van der Waals surface area (Å²) in [5, 5.41) is 3.48. The second-order valence-electron chi connectivity index (χ2n) is 5.53. The highest BCUT2D eigenvalue weighted by Crippen LogP contribution is 2.36. The zero-order valence-corrected chi connectivity index (χ0v) is 15.5. The number of anilines is 1. The molecular formula is C17H19N3O2S2. The lowest BCUT2D eigenvalue weighted by molar-refractivity contribution is -0.116. The Labute approximate surface area is 149 Å². The Bertz CT molecular complexity index is 831. The predicted molar refractivity (Wildman–Crippen MR) is 99.2 cm³/mol. The van der Waals surface area contributed by atoms with Gasteiger partial charge in [-0.2, -0.15) is 4.98 Å². The lowest BCUT2D eigenvalue weighted by atomic mass is 9.87. The van der Waals surface area contributed by atoms with E-state index in [1.165, 1.54) is 11.8 Å². The maximum atomic E-state index is 12.6. The first-order valence-electron chi connectivity index (χ1n) is 7.72. The second-order valence-corrected chi connectivity index (χ2v) is 7.64. The summed E-state index contributed by atoms with van der Waals surface area (Å²) in [5.74, 6) is 1.06. The third-order valence-corrected chi connectivity index (χ3v) is 5.75. The Morgan fingerprint density at radius 2 is 2.00 bits per heavy atom. The lowest BCUT2D eigenvalue weighted by Crippen LogP contribution is -2.33. The molecular weight excluding hydrogens is 342 g/mol. The molecule has 1 aromatic heterocycles. The molecule has 7 heteroatoms. The van der Waals surface area contributed by atoms with E-state index in [0.717, 1.165) is 16.2 Å². The van der Waals surface area contributed by atoms with Crippen LogP contribution in [0.1, 0.15) is 30.4 Å². The van der Waals surface area contributed by atoms with Crippen molar-refractivity contribution in [2.75, 3.05) is 17.3 Å². The second kappa shape index (κ2) is 7.03. The van der Waals surface area contributed by atoms with Gasteiger partial charge in [-0.15, -0.1) is 11.8 Å². The van der Waals surface area contributed by atoms with Gasteiger partial charge in [0.25, 0.3) is 5.56 Å². The van der Waals surface area contributed by atoms with Crippen LogP contribution >= 0.6 is 23.5 Å². The van der Waals surface area contributed by atoms with Crippen molar-refractivity contribution in [2.45, 2.75) is 29.3 Å². The van der Waals surface area contributed by atoms with E-state index in [9.17, 15) is 9.59 Å². The largest absolute Gasteiger partial charge is 0.312 e. The summed E-state index contributed by atoms with van der Waals surface area (Å²) in [5.41, 5.74) is 1.30. The minimum absolute atomic E-state index is 0.0740. The van der Waals surface area contributed by atoms with E-state index >= 15 is 0 Å². The fourth-order valence-electron chi connectivity index (χ4n) is 2.91. The van der Waals surface area contributed by atoms with Gasteiger partial charge in [0, 0.05) is 24.3 Å². The highest BCUT2D eigenvalue weighted by molar-refractivity contribution is 7.99. The van der Waals surface area contributed by atoms with Crippen LogP contribution in [0.25, 0.3) is 0 Å². The zero-order chi connectivity index (χ0) is 17.3. The fourth-order valence-corrected chi connectivity index (χ4v) is 4.01. The van der Waals surface area contributed by atoms with Crippen LogP contribution in [0, 0.1) is 0 Å². The molecule has 0 aliphatic carbocycles. The van der Waals surface area contributed by atoms with E-state index < -0.39 is 0 Å². The monoisotopic (exact) mass is 361 g/mol. The minimum atomic E-state index is -0.253. The lowest BCUT2D eigenvalue weighted by Gasteiger charge is -2.27. The van der Waals surface area contributed by atoms with Crippen molar-refractivity contribution in [1.29, 1.82) is 0 Å². The number of thioether (sulfide) groups is 2. The first-order chi connectivity index (χ1) is 11.5. The van der Waals surface area contributed by atoms with Crippen molar-refractivity contribution in [2.24, 2.45) is 7.05 Å². The quantitative estimate of drug-likeness (QED) is 0.670. The summed E-state index contributed by atoms with van der Waals surface area (Å²) in [7, 11) is 1.84. The van der Waals surface area contributed by atoms with Crippen LogP contribution in [0.15, 0.2) is 39.1 Å². The Kier molecular flexibility index (Phi) is 5.01. The molecule has 0 bridgehead atoms. The van der Waals surface area contributed by atoms with Crippen molar-refractivity contribution in [3.8, 4) is 0 Å². The molecule has 1 amide bonds. The molecule has 5 nitrogen and oxygen atoms in total. The molecule has 2 aromatic rings. The number of carbonyl (C=O) groups excluding carboxylic acids is 1. The molecule has 1 aliphatic heterocycles. The molecule has 0 radical (unpaired) electrons. The molecule has 2 heterocycles. The first-order valence-corrected chi connectivity index (χ1v) is 9.93. The van der Waals surface area contributed by atoms with Crippen LogP contribution in [0.3, 0.4) is 0 Å². The fraction of sp³-hybridized carbons (Fsp3) is 0.353. The van der Waals surface area contributed by atoms with Crippen LogP contribution in [0.5, 0.6) is 0 Å². The van der Waals surface area contributed by atoms with Gasteiger partial charge in [0.2, 0.25) is 5.91 Å². The van der Waals surface area contributed by atoms with Gasteiger partial charge in [-0.25, -0.2) is 0 Å². The van der Waals surface area contributed by atoms with Gasteiger partial charge in [-0.05, 0) is 29.7 Å². The molecule has 3 rings (SSSR count). The molecule has 0 saturated carbocycles. The van der Waals surface area contributed by atoms with Crippen LogP contribution in [-0.2, 0) is 11.8 Å². The van der Waals surface area contributed by atoms with E-state index in [2.05, 4.69) is 10.3 Å². The number of hydrogen-bond donors (Lipinski definition) is 1. The summed E-state index contributed by atoms with van der Waals surface area (Å²) < 4.78 is 1.81. The number of carbonyl (C=O) groups is 1. The predicted octanol–water partition coefficient (Wildman–Crippen LogP) is 3.09. The molecule has 1 aromatic carbocycles. The molecule has 0 spiro atoms. The van der Waals surface area contributed by atoms with Gasteiger partial charge in [0.05, 0.1) is 5.56 Å². The number of nitrogens with one attached hydrogen (secondary N) is 1. The third kappa shape index (κ3) is 3.10. The van der Waals surface area contributed by atoms with Crippen molar-refractivity contribution >= 4 is 35.2 Å². The van der Waals surface area contributed by atoms with Crippen molar-refractivity contribution in [3.05, 3.63) is 45.7 Å². The Morgan fingerprint density at radius 3 is 2.62 bits per heavy atom.